The Morgan fingerprint density at radius 1 is 0.765 bits per heavy atom. The lowest BCUT2D eigenvalue weighted by Gasteiger charge is -2.19. The van der Waals surface area contributed by atoms with Crippen LogP contribution in [0.2, 0.25) is 0 Å². The summed E-state index contributed by atoms with van der Waals surface area (Å²) in [7, 11) is 0. The first-order valence-corrected chi connectivity index (χ1v) is 11.4. The zero-order chi connectivity index (χ0) is 23.3. The SMILES string of the molecule is O=C(Cc1c[nH]c2ccccc12)N[C@@H](Cc1ccccc1)C(=O)NCc1cccc2[nH]ccc12. The van der Waals surface area contributed by atoms with Gasteiger partial charge in [0.2, 0.25) is 11.8 Å². The zero-order valence-corrected chi connectivity index (χ0v) is 18.7. The van der Waals surface area contributed by atoms with E-state index in [2.05, 4.69) is 20.6 Å². The van der Waals surface area contributed by atoms with Crippen molar-refractivity contribution in [3.05, 3.63) is 108 Å². The Morgan fingerprint density at radius 2 is 1.50 bits per heavy atom. The Labute approximate surface area is 197 Å². The van der Waals surface area contributed by atoms with Gasteiger partial charge in [0.1, 0.15) is 6.04 Å². The molecule has 6 nitrogen and oxygen atoms in total. The van der Waals surface area contributed by atoms with Gasteiger partial charge in [-0.15, -0.1) is 0 Å². The fourth-order valence-corrected chi connectivity index (χ4v) is 4.37. The van der Waals surface area contributed by atoms with Crippen LogP contribution in [0.3, 0.4) is 0 Å². The van der Waals surface area contributed by atoms with Crippen LogP contribution in [-0.2, 0) is 29.0 Å². The molecule has 0 radical (unpaired) electrons. The van der Waals surface area contributed by atoms with E-state index in [9.17, 15) is 9.59 Å². The molecule has 0 fully saturated rings. The molecule has 2 amide bonds. The third-order valence-corrected chi connectivity index (χ3v) is 6.10. The molecule has 4 N–H and O–H groups in total. The maximum atomic E-state index is 13.2. The lowest BCUT2D eigenvalue weighted by Crippen LogP contribution is -2.48. The number of aromatic nitrogens is 2. The van der Waals surface area contributed by atoms with Crippen molar-refractivity contribution in [1.29, 1.82) is 0 Å². The minimum absolute atomic E-state index is 0.187. The van der Waals surface area contributed by atoms with Crippen molar-refractivity contribution in [3.8, 4) is 0 Å². The van der Waals surface area contributed by atoms with Crippen LogP contribution in [0.4, 0.5) is 0 Å². The number of benzene rings is 3. The van der Waals surface area contributed by atoms with Crippen molar-refractivity contribution >= 4 is 33.6 Å². The number of hydrogen-bond acceptors (Lipinski definition) is 2. The topological polar surface area (TPSA) is 89.8 Å². The maximum absolute atomic E-state index is 13.2. The van der Waals surface area contributed by atoms with Gasteiger partial charge < -0.3 is 20.6 Å². The Bertz CT molecular complexity index is 1430. The van der Waals surface area contributed by atoms with Gasteiger partial charge in [-0.3, -0.25) is 9.59 Å². The van der Waals surface area contributed by atoms with Crippen LogP contribution in [0, 0.1) is 0 Å². The molecule has 3 aromatic carbocycles. The molecule has 0 saturated carbocycles. The minimum atomic E-state index is -0.675. The van der Waals surface area contributed by atoms with Crippen LogP contribution >= 0.6 is 0 Å². The zero-order valence-electron chi connectivity index (χ0n) is 18.7. The maximum Gasteiger partial charge on any atom is 0.243 e. The Morgan fingerprint density at radius 3 is 2.38 bits per heavy atom. The average Bonchev–Trinajstić information content (AvgIpc) is 3.50. The lowest BCUT2D eigenvalue weighted by atomic mass is 10.0. The van der Waals surface area contributed by atoms with Gasteiger partial charge in [0.25, 0.3) is 0 Å². The number of para-hydroxylation sites is 1. The molecule has 0 unspecified atom stereocenters. The molecule has 1 atom stereocenters. The highest BCUT2D eigenvalue weighted by molar-refractivity contribution is 5.92. The molecule has 2 heterocycles. The predicted molar refractivity (Wildman–Crippen MR) is 134 cm³/mol. The summed E-state index contributed by atoms with van der Waals surface area (Å²) in [5, 5.41) is 8.08. The van der Waals surface area contributed by atoms with Gasteiger partial charge >= 0.3 is 0 Å². The van der Waals surface area contributed by atoms with E-state index < -0.39 is 6.04 Å². The first-order valence-electron chi connectivity index (χ1n) is 11.4. The summed E-state index contributed by atoms with van der Waals surface area (Å²) >= 11 is 0. The second-order valence-corrected chi connectivity index (χ2v) is 8.42. The third kappa shape index (κ3) is 4.71. The van der Waals surface area contributed by atoms with Crippen LogP contribution in [0.1, 0.15) is 16.7 Å². The number of amides is 2. The number of aromatic amines is 2. The van der Waals surface area contributed by atoms with E-state index in [-0.39, 0.29) is 18.2 Å². The summed E-state index contributed by atoms with van der Waals surface area (Å²) in [6.45, 7) is 0.387. The first-order chi connectivity index (χ1) is 16.7. The Kier molecular flexibility index (Phi) is 6.12. The van der Waals surface area contributed by atoms with Gasteiger partial charge in [-0.2, -0.15) is 0 Å². The first kappa shape index (κ1) is 21.5. The molecule has 0 aliphatic carbocycles. The molecule has 0 aliphatic heterocycles. The summed E-state index contributed by atoms with van der Waals surface area (Å²) in [4.78, 5) is 32.6. The summed E-state index contributed by atoms with van der Waals surface area (Å²) in [5.74, 6) is -0.391. The molecular formula is C28H26N4O2. The van der Waals surface area contributed by atoms with E-state index in [1.54, 1.807) is 0 Å². The monoisotopic (exact) mass is 450 g/mol. The molecule has 34 heavy (non-hydrogen) atoms. The van der Waals surface area contributed by atoms with Gasteiger partial charge in [-0.1, -0.05) is 60.7 Å². The predicted octanol–water partition coefficient (Wildman–Crippen LogP) is 4.24. The number of rotatable bonds is 8. The largest absolute Gasteiger partial charge is 0.361 e. The summed E-state index contributed by atoms with van der Waals surface area (Å²) < 4.78 is 0. The highest BCUT2D eigenvalue weighted by Crippen LogP contribution is 2.19. The fourth-order valence-electron chi connectivity index (χ4n) is 4.37. The van der Waals surface area contributed by atoms with Gasteiger partial charge in [0, 0.05) is 47.2 Å². The van der Waals surface area contributed by atoms with Crippen LogP contribution in [-0.4, -0.2) is 27.8 Å². The van der Waals surface area contributed by atoms with Gasteiger partial charge in [0.15, 0.2) is 0 Å². The minimum Gasteiger partial charge on any atom is -0.361 e. The normalized spacial score (nSPS) is 12.0. The summed E-state index contributed by atoms with van der Waals surface area (Å²) in [6, 6.07) is 24.9. The van der Waals surface area contributed by atoms with E-state index in [4.69, 9.17) is 0 Å². The van der Waals surface area contributed by atoms with Crippen molar-refractivity contribution < 1.29 is 9.59 Å². The summed E-state index contributed by atoms with van der Waals surface area (Å²) in [6.07, 6.45) is 4.36. The number of carbonyl (C=O) groups is 2. The summed E-state index contributed by atoms with van der Waals surface area (Å²) in [5.41, 5.74) is 4.94. The molecule has 0 saturated heterocycles. The quantitative estimate of drug-likeness (QED) is 0.285. The molecule has 5 rings (SSSR count). The average molecular weight is 451 g/mol. The Balaban J connectivity index is 1.30. The molecule has 2 aromatic heterocycles. The number of carbonyl (C=O) groups excluding carboxylic acids is 2. The number of hydrogen-bond donors (Lipinski definition) is 4. The molecule has 6 heteroatoms. The smallest absolute Gasteiger partial charge is 0.243 e. The van der Waals surface area contributed by atoms with E-state index in [1.807, 2.05) is 91.3 Å². The molecule has 5 aromatic rings. The third-order valence-electron chi connectivity index (χ3n) is 6.10. The van der Waals surface area contributed by atoms with Crippen LogP contribution in [0.5, 0.6) is 0 Å². The van der Waals surface area contributed by atoms with Crippen molar-refractivity contribution in [3.63, 3.8) is 0 Å². The highest BCUT2D eigenvalue weighted by Gasteiger charge is 2.22. The standard InChI is InChI=1S/C28H26N4O2/c33-27(16-21-18-30-25-11-5-4-10-22(21)25)32-26(15-19-7-2-1-3-8-19)28(34)31-17-20-9-6-12-24-23(20)13-14-29-24/h1-14,18,26,29-30H,15-17H2,(H,31,34)(H,32,33)/t26-/m0/s1. The fraction of sp³-hybridized carbons (Fsp3) is 0.143. The number of H-pyrrole nitrogens is 2. The van der Waals surface area contributed by atoms with Crippen molar-refractivity contribution in [2.45, 2.75) is 25.4 Å². The van der Waals surface area contributed by atoms with Crippen LogP contribution in [0.25, 0.3) is 21.8 Å². The lowest BCUT2D eigenvalue weighted by molar-refractivity contribution is -0.128. The van der Waals surface area contributed by atoms with Gasteiger partial charge in [0.05, 0.1) is 6.42 Å². The number of nitrogens with one attached hydrogen (secondary N) is 4. The Hall–Kier alpha value is -4.32. The van der Waals surface area contributed by atoms with E-state index in [1.165, 1.54) is 0 Å². The van der Waals surface area contributed by atoms with E-state index >= 15 is 0 Å². The van der Waals surface area contributed by atoms with Gasteiger partial charge in [-0.25, -0.2) is 0 Å². The van der Waals surface area contributed by atoms with Crippen LogP contribution < -0.4 is 10.6 Å². The van der Waals surface area contributed by atoms with E-state index in [0.29, 0.717) is 13.0 Å². The van der Waals surface area contributed by atoms with Gasteiger partial charge in [-0.05, 0) is 34.9 Å². The second-order valence-electron chi connectivity index (χ2n) is 8.42. The molecule has 0 spiro atoms. The van der Waals surface area contributed by atoms with Crippen molar-refractivity contribution in [2.75, 3.05) is 0 Å². The molecule has 0 aliphatic rings. The van der Waals surface area contributed by atoms with E-state index in [0.717, 1.165) is 38.5 Å². The second kappa shape index (κ2) is 9.67. The van der Waals surface area contributed by atoms with Crippen LogP contribution in [0.15, 0.2) is 91.3 Å². The molecular weight excluding hydrogens is 424 g/mol. The molecule has 0 bridgehead atoms. The highest BCUT2D eigenvalue weighted by atomic mass is 16.2. The van der Waals surface area contributed by atoms with Crippen molar-refractivity contribution in [2.24, 2.45) is 0 Å². The molecule has 170 valence electrons. The number of fused-ring (bicyclic) bond motifs is 2. The van der Waals surface area contributed by atoms with Crippen molar-refractivity contribution in [1.82, 2.24) is 20.6 Å².